The van der Waals surface area contributed by atoms with Crippen molar-refractivity contribution in [3.63, 3.8) is 0 Å². The van der Waals surface area contributed by atoms with Gasteiger partial charge < -0.3 is 4.57 Å². The second-order valence-electron chi connectivity index (χ2n) is 12.5. The molecule has 0 rings (SSSR count). The first kappa shape index (κ1) is 32.2. The zero-order valence-electron chi connectivity index (χ0n) is 24.1. The number of hydrogen-bond acceptors (Lipinski definition) is 1. The predicted molar refractivity (Wildman–Crippen MR) is 150 cm³/mol. The van der Waals surface area contributed by atoms with E-state index >= 15 is 4.57 Å². The molecule has 0 heterocycles. The van der Waals surface area contributed by atoms with Gasteiger partial charge in [0, 0.05) is 15.5 Å². The lowest BCUT2D eigenvalue weighted by Gasteiger charge is -2.53. The summed E-state index contributed by atoms with van der Waals surface area (Å²) in [5.41, 5.74) is 0. The van der Waals surface area contributed by atoms with Gasteiger partial charge in [-0.25, -0.2) is 0 Å². The average molecular weight is 471 g/mol. The molecule has 0 fully saturated rings. The standard InChI is InChI=1S/C30H63OP/c1-10-13-16-19-22-25-28(4,5)32(31,29(6,7)26-23-20-17-14-11-2)30(8,9)27-24-21-18-15-12-3/h10-27H2,1-9H3. The molecule has 0 aromatic carbocycles. The maximum absolute atomic E-state index is 15.4. The van der Waals surface area contributed by atoms with Gasteiger partial charge in [-0.1, -0.05) is 159 Å². The lowest BCUT2D eigenvalue weighted by atomic mass is 10.0. The van der Waals surface area contributed by atoms with Gasteiger partial charge in [0.2, 0.25) is 0 Å². The third-order valence-corrected chi connectivity index (χ3v) is 14.0. The van der Waals surface area contributed by atoms with E-state index in [-0.39, 0.29) is 15.5 Å². The van der Waals surface area contributed by atoms with E-state index in [2.05, 4.69) is 62.3 Å². The fraction of sp³-hybridized carbons (Fsp3) is 1.00. The summed E-state index contributed by atoms with van der Waals surface area (Å²) in [6.07, 6.45) is 22.8. The highest BCUT2D eigenvalue weighted by atomic mass is 31.2. The Kier molecular flexibility index (Phi) is 16.1. The highest BCUT2D eigenvalue weighted by Gasteiger charge is 2.57. The summed E-state index contributed by atoms with van der Waals surface area (Å²) in [4.78, 5) is 0. The number of hydrogen-bond donors (Lipinski definition) is 0. The Bertz CT molecular complexity index is 432. The van der Waals surface area contributed by atoms with Gasteiger partial charge in [0.05, 0.1) is 0 Å². The molecule has 0 spiro atoms. The van der Waals surface area contributed by atoms with Crippen molar-refractivity contribution in [2.75, 3.05) is 0 Å². The Balaban J connectivity index is 5.55. The topological polar surface area (TPSA) is 17.1 Å². The predicted octanol–water partition coefficient (Wildman–Crippen LogP) is 11.8. The Morgan fingerprint density at radius 1 is 0.406 bits per heavy atom. The molecule has 0 aliphatic carbocycles. The van der Waals surface area contributed by atoms with Gasteiger partial charge in [-0.15, -0.1) is 0 Å². The Morgan fingerprint density at radius 3 is 0.844 bits per heavy atom. The van der Waals surface area contributed by atoms with E-state index in [0.717, 1.165) is 19.3 Å². The summed E-state index contributed by atoms with van der Waals surface area (Å²) in [5, 5.41) is -0.253. The quantitative estimate of drug-likeness (QED) is 0.120. The van der Waals surface area contributed by atoms with E-state index in [1.54, 1.807) is 0 Å². The van der Waals surface area contributed by atoms with E-state index in [1.807, 2.05) is 0 Å². The minimum absolute atomic E-state index is 0.0843. The lowest BCUT2D eigenvalue weighted by molar-refractivity contribution is 0.409. The smallest absolute Gasteiger partial charge is 0.104 e. The van der Waals surface area contributed by atoms with Crippen molar-refractivity contribution >= 4 is 7.14 Å². The SMILES string of the molecule is CCCCCCCC(C)(C)P(=O)(C(C)(C)CCCCCCC)C(C)(C)CCCCCCC. The van der Waals surface area contributed by atoms with Crippen LogP contribution in [0.3, 0.4) is 0 Å². The molecule has 0 unspecified atom stereocenters. The van der Waals surface area contributed by atoms with Crippen molar-refractivity contribution in [3.8, 4) is 0 Å². The van der Waals surface area contributed by atoms with E-state index in [4.69, 9.17) is 0 Å². The van der Waals surface area contributed by atoms with Gasteiger partial charge >= 0.3 is 0 Å². The summed E-state index contributed by atoms with van der Waals surface area (Å²) in [6, 6.07) is 0. The van der Waals surface area contributed by atoms with E-state index in [0.29, 0.717) is 0 Å². The molecule has 0 aromatic heterocycles. The van der Waals surface area contributed by atoms with Crippen LogP contribution >= 0.6 is 7.14 Å². The Labute approximate surface area is 205 Å². The van der Waals surface area contributed by atoms with Crippen LogP contribution in [0.1, 0.15) is 178 Å². The summed E-state index contributed by atoms with van der Waals surface area (Å²) in [6.45, 7) is 21.0. The van der Waals surface area contributed by atoms with Crippen LogP contribution in [0.25, 0.3) is 0 Å². The molecule has 0 amide bonds. The normalized spacial score (nSPS) is 13.7. The highest BCUT2D eigenvalue weighted by molar-refractivity contribution is 7.68. The molecule has 0 aliphatic heterocycles. The summed E-state index contributed by atoms with van der Waals surface area (Å²) in [5.74, 6) is 0. The molecule has 2 heteroatoms. The van der Waals surface area contributed by atoms with Gasteiger partial charge in [-0.05, 0) is 19.3 Å². The van der Waals surface area contributed by atoms with Crippen LogP contribution in [-0.2, 0) is 4.57 Å². The van der Waals surface area contributed by atoms with Crippen molar-refractivity contribution in [2.24, 2.45) is 0 Å². The first-order chi connectivity index (χ1) is 14.9. The van der Waals surface area contributed by atoms with Gasteiger partial charge in [0.1, 0.15) is 7.14 Å². The first-order valence-corrected chi connectivity index (χ1v) is 16.2. The van der Waals surface area contributed by atoms with Crippen molar-refractivity contribution < 1.29 is 4.57 Å². The van der Waals surface area contributed by atoms with Crippen molar-refractivity contribution in [2.45, 2.75) is 193 Å². The molecular weight excluding hydrogens is 407 g/mol. The molecule has 0 atom stereocenters. The Morgan fingerprint density at radius 2 is 0.625 bits per heavy atom. The maximum Gasteiger partial charge on any atom is 0.104 e. The first-order valence-electron chi connectivity index (χ1n) is 14.5. The second kappa shape index (κ2) is 16.0. The maximum atomic E-state index is 15.4. The zero-order valence-corrected chi connectivity index (χ0v) is 25.0. The van der Waals surface area contributed by atoms with Crippen LogP contribution in [0.5, 0.6) is 0 Å². The summed E-state index contributed by atoms with van der Waals surface area (Å²) >= 11 is 0. The van der Waals surface area contributed by atoms with Crippen molar-refractivity contribution in [1.82, 2.24) is 0 Å². The van der Waals surface area contributed by atoms with Crippen LogP contribution in [-0.4, -0.2) is 15.5 Å². The van der Waals surface area contributed by atoms with Crippen LogP contribution in [0, 0.1) is 0 Å². The number of unbranched alkanes of at least 4 members (excludes halogenated alkanes) is 12. The third-order valence-electron chi connectivity index (χ3n) is 8.23. The van der Waals surface area contributed by atoms with Gasteiger partial charge in [-0.3, -0.25) is 0 Å². The van der Waals surface area contributed by atoms with Gasteiger partial charge in [0.25, 0.3) is 0 Å². The zero-order chi connectivity index (χ0) is 24.7. The number of rotatable bonds is 21. The highest BCUT2D eigenvalue weighted by Crippen LogP contribution is 2.77. The summed E-state index contributed by atoms with van der Waals surface area (Å²) < 4.78 is 15.4. The van der Waals surface area contributed by atoms with Crippen LogP contribution in [0.4, 0.5) is 0 Å². The van der Waals surface area contributed by atoms with E-state index < -0.39 is 7.14 Å². The average Bonchev–Trinajstić information content (AvgIpc) is 2.72. The minimum Gasteiger partial charge on any atom is -0.322 e. The summed E-state index contributed by atoms with van der Waals surface area (Å²) in [7, 11) is -2.49. The molecule has 32 heavy (non-hydrogen) atoms. The molecule has 1 nitrogen and oxygen atoms in total. The molecule has 194 valence electrons. The third kappa shape index (κ3) is 9.84. The molecule has 0 aliphatic rings. The lowest BCUT2D eigenvalue weighted by Crippen LogP contribution is -2.43. The van der Waals surface area contributed by atoms with Crippen LogP contribution in [0.2, 0.25) is 0 Å². The molecule has 0 saturated carbocycles. The Hall–Kier alpha value is 0.230. The molecule has 0 aromatic rings. The monoisotopic (exact) mass is 470 g/mol. The molecule has 0 saturated heterocycles. The second-order valence-corrected chi connectivity index (χ2v) is 17.4. The van der Waals surface area contributed by atoms with Crippen molar-refractivity contribution in [1.29, 1.82) is 0 Å². The van der Waals surface area contributed by atoms with Gasteiger partial charge in [-0.2, -0.15) is 0 Å². The van der Waals surface area contributed by atoms with E-state index in [1.165, 1.54) is 96.3 Å². The molecule has 0 bridgehead atoms. The fourth-order valence-electron chi connectivity index (χ4n) is 6.41. The fourth-order valence-corrected chi connectivity index (χ4v) is 12.7. The minimum atomic E-state index is -2.49. The molecule has 0 N–H and O–H groups in total. The largest absolute Gasteiger partial charge is 0.322 e. The van der Waals surface area contributed by atoms with Crippen LogP contribution in [0.15, 0.2) is 0 Å². The molecular formula is C30H63OP. The van der Waals surface area contributed by atoms with E-state index in [9.17, 15) is 0 Å². The van der Waals surface area contributed by atoms with Crippen LogP contribution < -0.4 is 0 Å². The van der Waals surface area contributed by atoms with Crippen molar-refractivity contribution in [3.05, 3.63) is 0 Å². The molecule has 0 radical (unpaired) electrons. The van der Waals surface area contributed by atoms with Gasteiger partial charge in [0.15, 0.2) is 0 Å².